The van der Waals surface area contributed by atoms with Gasteiger partial charge in [0.25, 0.3) is 5.91 Å². The summed E-state index contributed by atoms with van der Waals surface area (Å²) >= 11 is 0. The summed E-state index contributed by atoms with van der Waals surface area (Å²) in [5.74, 6) is 0.354. The molecule has 34 heavy (non-hydrogen) atoms. The van der Waals surface area contributed by atoms with E-state index >= 15 is 0 Å². The fraction of sp³-hybridized carbons (Fsp3) is 0.208. The number of benzene rings is 1. The van der Waals surface area contributed by atoms with Gasteiger partial charge < -0.3 is 15.2 Å². The molecule has 0 radical (unpaired) electrons. The molecule has 0 spiro atoms. The van der Waals surface area contributed by atoms with E-state index in [1.807, 2.05) is 36.7 Å². The number of anilines is 2. The second-order valence-electron chi connectivity index (χ2n) is 8.42. The van der Waals surface area contributed by atoms with Crippen LogP contribution >= 0.6 is 0 Å². The predicted molar refractivity (Wildman–Crippen MR) is 126 cm³/mol. The van der Waals surface area contributed by atoms with Crippen LogP contribution in [0.4, 0.5) is 11.9 Å². The fourth-order valence-corrected chi connectivity index (χ4v) is 3.97. The summed E-state index contributed by atoms with van der Waals surface area (Å²) in [5.41, 5.74) is 3.77. The summed E-state index contributed by atoms with van der Waals surface area (Å²) in [6.07, 6.45) is 9.54. The molecule has 4 aromatic rings. The van der Waals surface area contributed by atoms with Crippen LogP contribution in [0.1, 0.15) is 30.4 Å². The van der Waals surface area contributed by atoms with Gasteiger partial charge in [0.1, 0.15) is 0 Å². The van der Waals surface area contributed by atoms with Crippen LogP contribution in [0.15, 0.2) is 60.6 Å². The second-order valence-corrected chi connectivity index (χ2v) is 8.42. The maximum absolute atomic E-state index is 12.0. The minimum absolute atomic E-state index is 0.0513. The Morgan fingerprint density at radius 2 is 1.91 bits per heavy atom. The SMILES string of the molecule is O=C1C/C(=C\c2cnn3c(NC4CC4)nc(NCc4ccccc4-n4cccc4)nc23)C(=O)N1. The first-order valence-electron chi connectivity index (χ1n) is 11.2. The number of aromatic nitrogens is 5. The number of carbonyl (C=O) groups excluding carboxylic acids is 2. The Morgan fingerprint density at radius 3 is 2.68 bits per heavy atom. The molecule has 0 atom stereocenters. The van der Waals surface area contributed by atoms with Crippen LogP contribution in [0.25, 0.3) is 17.4 Å². The highest BCUT2D eigenvalue weighted by Crippen LogP contribution is 2.26. The fourth-order valence-electron chi connectivity index (χ4n) is 3.97. The van der Waals surface area contributed by atoms with Crippen molar-refractivity contribution in [3.8, 4) is 5.69 Å². The molecule has 2 fully saturated rings. The van der Waals surface area contributed by atoms with Crippen LogP contribution in [-0.4, -0.2) is 42.0 Å². The molecule has 170 valence electrons. The van der Waals surface area contributed by atoms with Gasteiger partial charge in [0.2, 0.25) is 17.8 Å². The van der Waals surface area contributed by atoms with Crippen LogP contribution in [0, 0.1) is 0 Å². The Bertz CT molecular complexity index is 1430. The first kappa shape index (κ1) is 20.2. The number of fused-ring (bicyclic) bond motifs is 1. The minimum atomic E-state index is -0.380. The van der Waals surface area contributed by atoms with Gasteiger partial charge in [0.15, 0.2) is 5.65 Å². The van der Waals surface area contributed by atoms with Crippen molar-refractivity contribution < 1.29 is 9.59 Å². The van der Waals surface area contributed by atoms with Crippen molar-refractivity contribution >= 4 is 35.4 Å². The van der Waals surface area contributed by atoms with Crippen LogP contribution in [-0.2, 0) is 16.1 Å². The van der Waals surface area contributed by atoms with E-state index in [0.29, 0.717) is 41.3 Å². The van der Waals surface area contributed by atoms with E-state index in [-0.39, 0.29) is 18.2 Å². The second kappa shape index (κ2) is 8.14. The summed E-state index contributed by atoms with van der Waals surface area (Å²) in [7, 11) is 0. The highest BCUT2D eigenvalue weighted by atomic mass is 16.2. The highest BCUT2D eigenvalue weighted by molar-refractivity contribution is 6.15. The molecule has 1 aliphatic heterocycles. The summed E-state index contributed by atoms with van der Waals surface area (Å²) in [4.78, 5) is 33.0. The van der Waals surface area contributed by atoms with Gasteiger partial charge in [-0.1, -0.05) is 18.2 Å². The number of rotatable bonds is 7. The molecule has 10 heteroatoms. The number of hydrogen-bond acceptors (Lipinski definition) is 7. The zero-order chi connectivity index (χ0) is 23.1. The molecule has 6 rings (SSSR count). The Labute approximate surface area is 194 Å². The zero-order valence-electron chi connectivity index (χ0n) is 18.2. The lowest BCUT2D eigenvalue weighted by molar-refractivity contribution is -0.124. The van der Waals surface area contributed by atoms with Crippen molar-refractivity contribution in [3.63, 3.8) is 0 Å². The molecule has 3 aromatic heterocycles. The topological polar surface area (TPSA) is 118 Å². The van der Waals surface area contributed by atoms with Crippen LogP contribution in [0.3, 0.4) is 0 Å². The van der Waals surface area contributed by atoms with Crippen molar-refractivity contribution in [1.29, 1.82) is 0 Å². The molecule has 3 N–H and O–H groups in total. The van der Waals surface area contributed by atoms with Gasteiger partial charge >= 0.3 is 0 Å². The number of amides is 2. The standard InChI is InChI=1S/C24H22N8O2/c33-20-12-16(22(34)28-20)11-17-14-26-32-21(17)29-23(30-24(32)27-18-7-8-18)25-13-15-5-1-2-6-19(15)31-9-3-4-10-31/h1-6,9-11,14,18H,7-8,12-13H2,(H,28,33,34)(H2,25,27,29,30)/b16-11+. The largest absolute Gasteiger partial charge is 0.351 e. The molecule has 4 heterocycles. The molecule has 2 amide bonds. The molecule has 1 saturated heterocycles. The van der Waals surface area contributed by atoms with E-state index in [1.54, 1.807) is 16.8 Å². The Morgan fingerprint density at radius 1 is 1.09 bits per heavy atom. The normalized spacial score (nSPS) is 16.9. The van der Waals surface area contributed by atoms with E-state index in [2.05, 4.69) is 47.7 Å². The average Bonchev–Trinajstić information content (AvgIpc) is 3.20. The van der Waals surface area contributed by atoms with E-state index in [9.17, 15) is 9.59 Å². The summed E-state index contributed by atoms with van der Waals surface area (Å²) < 4.78 is 3.70. The number of nitrogens with one attached hydrogen (secondary N) is 3. The number of carbonyl (C=O) groups is 2. The Kier molecular flexibility index (Phi) is 4.83. The Hall–Kier alpha value is -4.47. The first-order valence-corrected chi connectivity index (χ1v) is 11.2. The molecule has 2 aliphatic rings. The molecule has 0 bridgehead atoms. The molecule has 1 aromatic carbocycles. The average molecular weight is 454 g/mol. The zero-order valence-corrected chi connectivity index (χ0v) is 18.2. The van der Waals surface area contributed by atoms with Gasteiger partial charge in [0.05, 0.1) is 12.6 Å². The molecule has 1 aliphatic carbocycles. The van der Waals surface area contributed by atoms with Crippen LogP contribution in [0.2, 0.25) is 0 Å². The third kappa shape index (κ3) is 3.90. The maximum Gasteiger partial charge on any atom is 0.254 e. The predicted octanol–water partition coefficient (Wildman–Crippen LogP) is 2.53. The monoisotopic (exact) mass is 454 g/mol. The highest BCUT2D eigenvalue weighted by Gasteiger charge is 2.26. The minimum Gasteiger partial charge on any atom is -0.351 e. The van der Waals surface area contributed by atoms with E-state index in [4.69, 9.17) is 0 Å². The summed E-state index contributed by atoms with van der Waals surface area (Å²) in [5, 5.41) is 13.5. The summed E-state index contributed by atoms with van der Waals surface area (Å²) in [6, 6.07) is 12.5. The Balaban J connectivity index is 1.34. The smallest absolute Gasteiger partial charge is 0.254 e. The van der Waals surface area contributed by atoms with Crippen molar-refractivity contribution in [2.45, 2.75) is 31.8 Å². The number of para-hydroxylation sites is 1. The van der Waals surface area contributed by atoms with Crippen molar-refractivity contribution in [2.24, 2.45) is 0 Å². The molecule has 10 nitrogen and oxygen atoms in total. The summed E-state index contributed by atoms with van der Waals surface area (Å²) in [6.45, 7) is 0.523. The van der Waals surface area contributed by atoms with E-state index < -0.39 is 0 Å². The van der Waals surface area contributed by atoms with Gasteiger partial charge in [-0.3, -0.25) is 14.9 Å². The van der Waals surface area contributed by atoms with Crippen LogP contribution in [0.5, 0.6) is 0 Å². The van der Waals surface area contributed by atoms with Gasteiger partial charge in [0, 0.05) is 41.8 Å². The molecule has 0 unspecified atom stereocenters. The maximum atomic E-state index is 12.0. The number of imide groups is 1. The van der Waals surface area contributed by atoms with E-state index in [1.165, 1.54) is 0 Å². The van der Waals surface area contributed by atoms with Crippen molar-refractivity contribution in [3.05, 3.63) is 71.7 Å². The molecular weight excluding hydrogens is 432 g/mol. The molecular formula is C24H22N8O2. The van der Waals surface area contributed by atoms with Gasteiger partial charge in [-0.15, -0.1) is 0 Å². The van der Waals surface area contributed by atoms with Gasteiger partial charge in [-0.25, -0.2) is 0 Å². The van der Waals surface area contributed by atoms with E-state index in [0.717, 1.165) is 24.1 Å². The quantitative estimate of drug-likeness (QED) is 0.290. The number of hydrogen-bond donors (Lipinski definition) is 3. The van der Waals surface area contributed by atoms with Crippen molar-refractivity contribution in [2.75, 3.05) is 10.6 Å². The number of nitrogens with zero attached hydrogens (tertiary/aromatic N) is 5. The van der Waals surface area contributed by atoms with Gasteiger partial charge in [-0.2, -0.15) is 19.6 Å². The third-order valence-corrected chi connectivity index (χ3v) is 5.84. The lowest BCUT2D eigenvalue weighted by Gasteiger charge is -2.13. The first-order chi connectivity index (χ1) is 16.6. The van der Waals surface area contributed by atoms with Crippen LogP contribution < -0.4 is 16.0 Å². The lowest BCUT2D eigenvalue weighted by atomic mass is 10.1. The molecule has 1 saturated carbocycles. The lowest BCUT2D eigenvalue weighted by Crippen LogP contribution is -2.19. The van der Waals surface area contributed by atoms with Crippen molar-refractivity contribution in [1.82, 2.24) is 29.5 Å². The van der Waals surface area contributed by atoms with Gasteiger partial charge in [-0.05, 0) is 42.7 Å². The third-order valence-electron chi connectivity index (χ3n) is 5.84.